The van der Waals surface area contributed by atoms with E-state index in [1.807, 2.05) is 0 Å². The van der Waals surface area contributed by atoms with E-state index in [1.165, 1.54) is 82.7 Å². The number of hydrogen-bond acceptors (Lipinski definition) is 4. The summed E-state index contributed by atoms with van der Waals surface area (Å²) in [6.07, 6.45) is 26.0. The molecule has 0 fully saturated rings. The summed E-state index contributed by atoms with van der Waals surface area (Å²) in [4.78, 5) is 13.7. The van der Waals surface area contributed by atoms with Crippen LogP contribution in [0.1, 0.15) is 43.2 Å². The number of amidine groups is 2. The van der Waals surface area contributed by atoms with Gasteiger partial charge in [-0.25, -0.2) is 9.98 Å². The molecule has 1 aromatic heterocycles. The van der Waals surface area contributed by atoms with E-state index < -0.39 is 0 Å². The molecule has 5 nitrogen and oxygen atoms in total. The number of allylic oxidation sites excluding steroid dienone is 12. The molecule has 1 N–H and O–H groups in total. The van der Waals surface area contributed by atoms with Crippen LogP contribution in [0.2, 0.25) is 0 Å². The van der Waals surface area contributed by atoms with Gasteiger partial charge in [-0.2, -0.15) is 0 Å². The van der Waals surface area contributed by atoms with Gasteiger partial charge in [0.15, 0.2) is 5.84 Å². The normalized spacial score (nSPS) is 22.2. The Bertz CT molecular complexity index is 3640. The molecule has 4 unspecified atom stereocenters. The van der Waals surface area contributed by atoms with Crippen LogP contribution in [0.4, 0.5) is 5.69 Å². The van der Waals surface area contributed by atoms with Crippen molar-refractivity contribution in [2.24, 2.45) is 27.7 Å². The first-order chi connectivity index (χ1) is 32.7. The van der Waals surface area contributed by atoms with Crippen molar-refractivity contribution < 1.29 is 0 Å². The van der Waals surface area contributed by atoms with E-state index in [4.69, 9.17) is 9.98 Å². The number of anilines is 1. The lowest BCUT2D eigenvalue weighted by atomic mass is 9.74. The standard InChI is InChI=1S/C61H47N5/c1-2-17-38(18-3-1)59-62-60(64-61(63-59)52-36-39-19-4-5-21-41(39)42-22-6-7-23-43(42)52)49-33-34-57(45-25-9-8-24-44(45)49)66-55-31-15-12-28-48(55)51-35-40-20-16-32-56(50(40)37-58(51)66)65-53-29-13-10-26-46(53)47-27-11-14-30-54(47)65/h1-14,16-17,19,21-30,32-34,36-38,40,51,59H,15,18,20,31,35H2,(H,62,63,64). The maximum Gasteiger partial charge on any atom is 0.159 e. The predicted molar refractivity (Wildman–Crippen MR) is 276 cm³/mol. The summed E-state index contributed by atoms with van der Waals surface area (Å²) in [6.45, 7) is 0. The molecule has 0 amide bonds. The summed E-state index contributed by atoms with van der Waals surface area (Å²) in [6, 6.07) is 51.2. The van der Waals surface area contributed by atoms with Gasteiger partial charge in [-0.05, 0) is 119 Å². The third-order valence-corrected chi connectivity index (χ3v) is 15.1. The van der Waals surface area contributed by atoms with Gasteiger partial charge in [0.05, 0.1) is 16.7 Å². The van der Waals surface area contributed by atoms with Gasteiger partial charge in [-0.3, -0.25) is 0 Å². The Morgan fingerprint density at radius 3 is 2.09 bits per heavy atom. The van der Waals surface area contributed by atoms with Gasteiger partial charge in [0.2, 0.25) is 0 Å². The van der Waals surface area contributed by atoms with Crippen LogP contribution in [0.5, 0.6) is 0 Å². The zero-order valence-corrected chi connectivity index (χ0v) is 36.6. The molecule has 316 valence electrons. The Morgan fingerprint density at radius 1 is 0.591 bits per heavy atom. The molecule has 66 heavy (non-hydrogen) atoms. The molecule has 0 spiro atoms. The van der Waals surface area contributed by atoms with Crippen molar-refractivity contribution in [3.05, 3.63) is 228 Å². The molecule has 0 saturated carbocycles. The Labute approximate surface area is 384 Å². The molecule has 8 aromatic rings. The van der Waals surface area contributed by atoms with Gasteiger partial charge in [-0.15, -0.1) is 0 Å². The molecule has 3 heterocycles. The van der Waals surface area contributed by atoms with Crippen LogP contribution in [0.25, 0.3) is 59.8 Å². The van der Waals surface area contributed by atoms with E-state index in [0.29, 0.717) is 11.8 Å². The number of aromatic nitrogens is 1. The van der Waals surface area contributed by atoms with Crippen LogP contribution < -0.4 is 10.2 Å². The van der Waals surface area contributed by atoms with Crippen molar-refractivity contribution in [2.75, 3.05) is 4.90 Å². The second-order valence-corrected chi connectivity index (χ2v) is 18.7. The number of fused-ring (bicyclic) bond motifs is 10. The molecule has 7 aromatic carbocycles. The fourth-order valence-electron chi connectivity index (χ4n) is 12.1. The highest BCUT2D eigenvalue weighted by molar-refractivity contribution is 6.24. The van der Waals surface area contributed by atoms with Crippen molar-refractivity contribution in [3.63, 3.8) is 0 Å². The van der Waals surface area contributed by atoms with Crippen molar-refractivity contribution >= 4 is 77.2 Å². The zero-order chi connectivity index (χ0) is 43.3. The molecular formula is C61H47N5. The van der Waals surface area contributed by atoms with Gasteiger partial charge in [0.25, 0.3) is 0 Å². The Balaban J connectivity index is 0.944. The van der Waals surface area contributed by atoms with Crippen molar-refractivity contribution in [3.8, 4) is 0 Å². The minimum atomic E-state index is -0.180. The molecule has 6 aliphatic rings. The molecule has 4 atom stereocenters. The maximum atomic E-state index is 5.51. The van der Waals surface area contributed by atoms with Crippen LogP contribution >= 0.6 is 0 Å². The van der Waals surface area contributed by atoms with Crippen molar-refractivity contribution in [1.29, 1.82) is 0 Å². The zero-order valence-electron chi connectivity index (χ0n) is 36.6. The van der Waals surface area contributed by atoms with E-state index in [1.54, 1.807) is 0 Å². The third kappa shape index (κ3) is 5.72. The van der Waals surface area contributed by atoms with Crippen molar-refractivity contribution in [2.45, 2.75) is 38.3 Å². The molecule has 5 heteroatoms. The summed E-state index contributed by atoms with van der Waals surface area (Å²) in [5.74, 6) is 2.60. The number of para-hydroxylation sites is 2. The fourth-order valence-corrected chi connectivity index (χ4v) is 12.1. The lowest BCUT2D eigenvalue weighted by Crippen LogP contribution is -2.43. The minimum absolute atomic E-state index is 0.180. The number of rotatable bonds is 5. The van der Waals surface area contributed by atoms with Crippen LogP contribution in [-0.2, 0) is 0 Å². The second kappa shape index (κ2) is 14.9. The molecular weight excluding hydrogens is 803 g/mol. The number of benzene rings is 7. The van der Waals surface area contributed by atoms with Gasteiger partial charge in [0.1, 0.15) is 12.0 Å². The van der Waals surface area contributed by atoms with Gasteiger partial charge < -0.3 is 14.8 Å². The summed E-state index contributed by atoms with van der Waals surface area (Å²) >= 11 is 0. The monoisotopic (exact) mass is 849 g/mol. The highest BCUT2D eigenvalue weighted by atomic mass is 15.2. The average molecular weight is 850 g/mol. The second-order valence-electron chi connectivity index (χ2n) is 18.7. The van der Waals surface area contributed by atoms with Gasteiger partial charge in [-0.1, -0.05) is 152 Å². The van der Waals surface area contributed by atoms with E-state index >= 15 is 0 Å². The van der Waals surface area contributed by atoms with E-state index in [-0.39, 0.29) is 12.1 Å². The Kier molecular flexibility index (Phi) is 8.49. The number of aliphatic imine (C=N–C) groups is 2. The van der Waals surface area contributed by atoms with Crippen LogP contribution in [0, 0.1) is 17.8 Å². The molecule has 14 rings (SSSR count). The predicted octanol–water partition coefficient (Wildman–Crippen LogP) is 14.3. The number of hydrogen-bond donors (Lipinski definition) is 1. The smallest absolute Gasteiger partial charge is 0.159 e. The van der Waals surface area contributed by atoms with Crippen LogP contribution in [-0.4, -0.2) is 22.4 Å². The van der Waals surface area contributed by atoms with Crippen LogP contribution in [0.3, 0.4) is 0 Å². The third-order valence-electron chi connectivity index (χ3n) is 15.1. The SMILES string of the molecule is C1=CCC(C2N=C(c3ccc(N4C5=CC6=C(n7c8ccccc8c8ccccc87)C=CCC6CC5C5=C4CCC=C5)c4ccccc34)N=C(c3cc4ccccc4c4ccccc34)N2)C=C1. The fraction of sp³-hybridized carbons (Fsp3) is 0.148. The van der Waals surface area contributed by atoms with Crippen molar-refractivity contribution in [1.82, 2.24) is 9.88 Å². The molecule has 4 aliphatic carbocycles. The summed E-state index contributed by atoms with van der Waals surface area (Å²) < 4.78 is 2.53. The largest absolute Gasteiger partial charge is 0.347 e. The number of nitrogens with one attached hydrogen (secondary N) is 1. The Morgan fingerprint density at radius 2 is 1.30 bits per heavy atom. The topological polar surface area (TPSA) is 44.9 Å². The quantitative estimate of drug-likeness (QED) is 0.175. The van der Waals surface area contributed by atoms with Gasteiger partial charge >= 0.3 is 0 Å². The maximum absolute atomic E-state index is 5.51. The van der Waals surface area contributed by atoms with Crippen LogP contribution in [0.15, 0.2) is 227 Å². The first kappa shape index (κ1) is 37.6. The first-order valence-corrected chi connectivity index (χ1v) is 23.7. The average Bonchev–Trinajstić information content (AvgIpc) is 3.89. The first-order valence-electron chi connectivity index (χ1n) is 23.7. The van der Waals surface area contributed by atoms with Gasteiger partial charge in [0, 0.05) is 56.2 Å². The minimum Gasteiger partial charge on any atom is -0.347 e. The molecule has 0 saturated heterocycles. The molecule has 0 radical (unpaired) electrons. The summed E-state index contributed by atoms with van der Waals surface area (Å²) in [7, 11) is 0. The summed E-state index contributed by atoms with van der Waals surface area (Å²) in [5.41, 5.74) is 13.0. The van der Waals surface area contributed by atoms with E-state index in [0.717, 1.165) is 60.3 Å². The highest BCUT2D eigenvalue weighted by Crippen LogP contribution is 2.54. The molecule has 0 bridgehead atoms. The summed E-state index contributed by atoms with van der Waals surface area (Å²) in [5, 5.41) is 13.7. The molecule has 2 aliphatic heterocycles. The number of nitrogens with zero attached hydrogens (tertiary/aromatic N) is 4. The lowest BCUT2D eigenvalue weighted by Gasteiger charge is -2.35. The Hall–Kier alpha value is -7.76. The highest BCUT2D eigenvalue weighted by Gasteiger charge is 2.42. The van der Waals surface area contributed by atoms with E-state index in [9.17, 15) is 0 Å². The van der Waals surface area contributed by atoms with E-state index in [2.05, 4.69) is 209 Å². The lowest BCUT2D eigenvalue weighted by molar-refractivity contribution is 0.476.